The van der Waals surface area contributed by atoms with Crippen molar-refractivity contribution < 1.29 is 18.4 Å². The van der Waals surface area contributed by atoms with Gasteiger partial charge in [0.15, 0.2) is 0 Å². The molecule has 9 heteroatoms. The molecule has 168 valence electrons. The molecule has 31 heavy (non-hydrogen) atoms. The molecule has 5 atom stereocenters. The maximum Gasteiger partial charge on any atom is 0.228 e. The van der Waals surface area contributed by atoms with Crippen LogP contribution in [0.3, 0.4) is 0 Å². The summed E-state index contributed by atoms with van der Waals surface area (Å²) < 4.78 is 27.7. The highest BCUT2D eigenvalue weighted by Gasteiger charge is 2.50. The number of halogens is 2. The average Bonchev–Trinajstić information content (AvgIpc) is 3.38. The zero-order valence-corrected chi connectivity index (χ0v) is 17.5. The van der Waals surface area contributed by atoms with Crippen LogP contribution in [-0.4, -0.2) is 72.7 Å². The number of likely N-dealkylation sites (tertiary alicyclic amines) is 1. The van der Waals surface area contributed by atoms with Crippen LogP contribution in [0, 0.1) is 17.7 Å². The normalized spacial score (nSPS) is 33.7. The Labute approximate surface area is 180 Å². The van der Waals surface area contributed by atoms with Crippen LogP contribution in [0.15, 0.2) is 24.3 Å². The van der Waals surface area contributed by atoms with E-state index in [9.17, 15) is 18.4 Å². The fourth-order valence-electron chi connectivity index (χ4n) is 5.59. The molecular formula is C22H29F2N5O2. The Morgan fingerprint density at radius 1 is 1.03 bits per heavy atom. The predicted octanol–water partition coefficient (Wildman–Crippen LogP) is 1.26. The Hall–Kier alpha value is -2.26. The van der Waals surface area contributed by atoms with Gasteiger partial charge in [0.05, 0.1) is 5.92 Å². The van der Waals surface area contributed by atoms with Gasteiger partial charge in [0.1, 0.15) is 18.2 Å². The van der Waals surface area contributed by atoms with Gasteiger partial charge in [-0.3, -0.25) is 15.0 Å². The maximum atomic E-state index is 14.6. The lowest BCUT2D eigenvalue weighted by atomic mass is 9.82. The lowest BCUT2D eigenvalue weighted by Gasteiger charge is -2.37. The molecule has 7 nitrogen and oxygen atoms in total. The summed E-state index contributed by atoms with van der Waals surface area (Å²) in [6.45, 7) is 2.82. The molecular weight excluding hydrogens is 404 g/mol. The van der Waals surface area contributed by atoms with Crippen LogP contribution < -0.4 is 15.8 Å². The van der Waals surface area contributed by atoms with Crippen molar-refractivity contribution in [2.24, 2.45) is 11.8 Å². The van der Waals surface area contributed by atoms with Crippen molar-refractivity contribution in [2.45, 2.75) is 44.1 Å². The zero-order valence-electron chi connectivity index (χ0n) is 17.5. The summed E-state index contributed by atoms with van der Waals surface area (Å²) in [4.78, 5) is 31.5. The lowest BCUT2D eigenvalue weighted by molar-refractivity contribution is -0.136. The van der Waals surface area contributed by atoms with E-state index in [1.807, 2.05) is 4.90 Å². The van der Waals surface area contributed by atoms with E-state index in [0.29, 0.717) is 39.1 Å². The van der Waals surface area contributed by atoms with Crippen molar-refractivity contribution in [3.8, 4) is 0 Å². The number of benzene rings is 1. The van der Waals surface area contributed by atoms with Crippen molar-refractivity contribution >= 4 is 17.5 Å². The number of hydrazine groups is 1. The largest absolute Gasteiger partial charge is 0.368 e. The van der Waals surface area contributed by atoms with Gasteiger partial charge in [0.25, 0.3) is 0 Å². The molecule has 3 aliphatic heterocycles. The fourth-order valence-corrected chi connectivity index (χ4v) is 5.59. The first kappa shape index (κ1) is 20.6. The summed E-state index contributed by atoms with van der Waals surface area (Å²) in [6, 6.07) is 6.42. The molecule has 0 radical (unpaired) electrons. The van der Waals surface area contributed by atoms with Crippen molar-refractivity contribution in [1.82, 2.24) is 20.7 Å². The quantitative estimate of drug-likeness (QED) is 0.752. The SMILES string of the molecule is O=C(C1CC(=O)N(C2NNC3CCCC(F)C32)C1)N1CCN(c2ccc(F)cc2)CC1. The molecule has 0 spiro atoms. The number of alkyl halides is 1. The number of fused-ring (bicyclic) bond motifs is 1. The van der Waals surface area contributed by atoms with Gasteiger partial charge in [-0.2, -0.15) is 0 Å². The van der Waals surface area contributed by atoms with E-state index in [2.05, 4.69) is 15.8 Å². The van der Waals surface area contributed by atoms with Crippen LogP contribution in [-0.2, 0) is 9.59 Å². The number of hydrogen-bond acceptors (Lipinski definition) is 5. The molecule has 5 unspecified atom stereocenters. The topological polar surface area (TPSA) is 67.9 Å². The number of piperazine rings is 1. The monoisotopic (exact) mass is 433 g/mol. The molecule has 1 aromatic rings. The van der Waals surface area contributed by atoms with Crippen molar-refractivity contribution in [1.29, 1.82) is 0 Å². The molecule has 0 bridgehead atoms. The Bertz CT molecular complexity index is 830. The third kappa shape index (κ3) is 3.89. The highest BCUT2D eigenvalue weighted by Crippen LogP contribution is 2.36. The fraction of sp³-hybridized carbons (Fsp3) is 0.636. The number of nitrogens with one attached hydrogen (secondary N) is 2. The maximum absolute atomic E-state index is 14.6. The van der Waals surface area contributed by atoms with Gasteiger partial charge in [-0.05, 0) is 43.5 Å². The van der Waals surface area contributed by atoms with E-state index in [4.69, 9.17) is 0 Å². The van der Waals surface area contributed by atoms with Crippen LogP contribution in [0.2, 0.25) is 0 Å². The van der Waals surface area contributed by atoms with Crippen molar-refractivity contribution in [3.63, 3.8) is 0 Å². The van der Waals surface area contributed by atoms with Gasteiger partial charge in [-0.15, -0.1) is 0 Å². The summed E-state index contributed by atoms with van der Waals surface area (Å²) in [5.74, 6) is -0.990. The van der Waals surface area contributed by atoms with E-state index < -0.39 is 6.17 Å². The first-order valence-electron chi connectivity index (χ1n) is 11.2. The number of carbonyl (C=O) groups is 2. The standard InChI is InChI=1S/C22H29F2N5O2/c23-15-4-6-16(7-5-15)27-8-10-28(11-9-27)22(31)14-12-19(30)29(13-14)21-20-17(24)2-1-3-18(20)25-26-21/h4-7,14,17-18,20-21,25-26H,1-3,8-13H2. The van der Waals surface area contributed by atoms with Crippen LogP contribution in [0.5, 0.6) is 0 Å². The summed E-state index contributed by atoms with van der Waals surface area (Å²) in [7, 11) is 0. The first-order chi connectivity index (χ1) is 15.0. The van der Waals surface area contributed by atoms with Crippen LogP contribution in [0.25, 0.3) is 0 Å². The van der Waals surface area contributed by atoms with E-state index in [-0.39, 0.29) is 48.1 Å². The Kier molecular flexibility index (Phi) is 5.56. The van der Waals surface area contributed by atoms with Gasteiger partial charge in [0, 0.05) is 56.8 Å². The summed E-state index contributed by atoms with van der Waals surface area (Å²) in [5, 5.41) is 0. The number of amides is 2. The third-order valence-electron chi connectivity index (χ3n) is 7.29. The highest BCUT2D eigenvalue weighted by molar-refractivity contribution is 5.89. The predicted molar refractivity (Wildman–Crippen MR) is 111 cm³/mol. The Morgan fingerprint density at radius 2 is 1.77 bits per heavy atom. The highest BCUT2D eigenvalue weighted by atomic mass is 19.1. The number of rotatable bonds is 3. The smallest absolute Gasteiger partial charge is 0.228 e. The average molecular weight is 434 g/mol. The third-order valence-corrected chi connectivity index (χ3v) is 7.29. The minimum absolute atomic E-state index is 0.00226. The first-order valence-corrected chi connectivity index (χ1v) is 11.2. The van der Waals surface area contributed by atoms with Gasteiger partial charge in [0.2, 0.25) is 11.8 Å². The Morgan fingerprint density at radius 3 is 2.52 bits per heavy atom. The van der Waals surface area contributed by atoms with Crippen molar-refractivity contribution in [3.05, 3.63) is 30.1 Å². The molecule has 1 aliphatic carbocycles. The van der Waals surface area contributed by atoms with Gasteiger partial charge in [-0.25, -0.2) is 14.2 Å². The zero-order chi connectivity index (χ0) is 21.5. The number of nitrogens with zero attached hydrogens (tertiary/aromatic N) is 3. The lowest BCUT2D eigenvalue weighted by Crippen LogP contribution is -2.52. The molecule has 0 aromatic heterocycles. The molecule has 3 heterocycles. The molecule has 1 aromatic carbocycles. The second-order valence-corrected chi connectivity index (χ2v) is 9.10. The molecule has 2 N–H and O–H groups in total. The van der Waals surface area contributed by atoms with E-state index in [0.717, 1.165) is 18.5 Å². The summed E-state index contributed by atoms with van der Waals surface area (Å²) in [6.07, 6.45) is 1.14. The second-order valence-electron chi connectivity index (χ2n) is 9.10. The molecule has 2 amide bonds. The minimum atomic E-state index is -0.937. The molecule has 4 fully saturated rings. The number of carbonyl (C=O) groups excluding carboxylic acids is 2. The van der Waals surface area contributed by atoms with E-state index in [1.54, 1.807) is 17.0 Å². The van der Waals surface area contributed by atoms with E-state index in [1.165, 1.54) is 12.1 Å². The number of hydrogen-bond donors (Lipinski definition) is 2. The van der Waals surface area contributed by atoms with Gasteiger partial charge in [-0.1, -0.05) is 0 Å². The Balaban J connectivity index is 1.19. The molecule has 3 saturated heterocycles. The van der Waals surface area contributed by atoms with Crippen LogP contribution in [0.4, 0.5) is 14.5 Å². The molecule has 5 rings (SSSR count). The summed E-state index contributed by atoms with van der Waals surface area (Å²) in [5.41, 5.74) is 7.23. The van der Waals surface area contributed by atoms with Gasteiger partial charge < -0.3 is 14.7 Å². The molecule has 4 aliphatic rings. The minimum Gasteiger partial charge on any atom is -0.368 e. The number of anilines is 1. The van der Waals surface area contributed by atoms with Crippen LogP contribution in [0.1, 0.15) is 25.7 Å². The summed E-state index contributed by atoms with van der Waals surface area (Å²) >= 11 is 0. The second kappa shape index (κ2) is 8.35. The van der Waals surface area contributed by atoms with Gasteiger partial charge >= 0.3 is 0 Å². The molecule has 1 saturated carbocycles. The van der Waals surface area contributed by atoms with Crippen molar-refractivity contribution in [2.75, 3.05) is 37.6 Å². The van der Waals surface area contributed by atoms with E-state index >= 15 is 0 Å². The van der Waals surface area contributed by atoms with Crippen LogP contribution >= 0.6 is 0 Å².